The average Bonchev–Trinajstić information content (AvgIpc) is 2.71. The van der Waals surface area contributed by atoms with Gasteiger partial charge in [-0.05, 0) is 24.3 Å². The van der Waals surface area contributed by atoms with Gasteiger partial charge < -0.3 is 10.4 Å². The van der Waals surface area contributed by atoms with Gasteiger partial charge in [0.2, 0.25) is 5.91 Å². The number of nitrogens with one attached hydrogen (secondary N) is 1. The van der Waals surface area contributed by atoms with Crippen LogP contribution in [0.5, 0.6) is 0 Å². The molecule has 1 amide bonds. The van der Waals surface area contributed by atoms with Gasteiger partial charge in [-0.1, -0.05) is 13.8 Å². The fourth-order valence-corrected chi connectivity index (χ4v) is 1.82. The second-order valence-corrected chi connectivity index (χ2v) is 5.11. The summed E-state index contributed by atoms with van der Waals surface area (Å²) in [4.78, 5) is 22.7. The summed E-state index contributed by atoms with van der Waals surface area (Å²) in [6.45, 7) is 3.86. The van der Waals surface area contributed by atoms with Gasteiger partial charge in [0.05, 0.1) is 6.20 Å². The van der Waals surface area contributed by atoms with Crippen molar-refractivity contribution in [3.8, 4) is 0 Å². The SMILES string of the molecule is CC(C)CC(NC(=O)CCc1cnn(C)c1)C(=O)O. The van der Waals surface area contributed by atoms with Crippen LogP contribution in [0.2, 0.25) is 0 Å². The summed E-state index contributed by atoms with van der Waals surface area (Å²) >= 11 is 0. The number of carboxylic acid groups (broad SMARTS) is 1. The van der Waals surface area contributed by atoms with Gasteiger partial charge in [-0.2, -0.15) is 5.10 Å². The molecule has 106 valence electrons. The number of aryl methyl sites for hydroxylation is 2. The van der Waals surface area contributed by atoms with E-state index in [4.69, 9.17) is 5.11 Å². The van der Waals surface area contributed by atoms with Crippen LogP contribution in [0.4, 0.5) is 0 Å². The van der Waals surface area contributed by atoms with Crippen LogP contribution in [0.25, 0.3) is 0 Å². The van der Waals surface area contributed by atoms with Crippen molar-refractivity contribution in [2.24, 2.45) is 13.0 Å². The molecule has 0 aliphatic carbocycles. The van der Waals surface area contributed by atoms with Gasteiger partial charge in [0, 0.05) is 19.7 Å². The van der Waals surface area contributed by atoms with Crippen LogP contribution < -0.4 is 5.32 Å². The van der Waals surface area contributed by atoms with E-state index in [0.29, 0.717) is 12.8 Å². The zero-order chi connectivity index (χ0) is 14.4. The maximum Gasteiger partial charge on any atom is 0.326 e. The zero-order valence-electron chi connectivity index (χ0n) is 11.6. The number of amides is 1. The highest BCUT2D eigenvalue weighted by Gasteiger charge is 2.20. The predicted octanol–water partition coefficient (Wildman–Crippen LogP) is 0.968. The Morgan fingerprint density at radius 2 is 2.16 bits per heavy atom. The Morgan fingerprint density at radius 3 is 2.63 bits per heavy atom. The van der Waals surface area contributed by atoms with Crippen molar-refractivity contribution in [3.05, 3.63) is 18.0 Å². The lowest BCUT2D eigenvalue weighted by atomic mass is 10.0. The van der Waals surface area contributed by atoms with Crippen molar-refractivity contribution >= 4 is 11.9 Å². The van der Waals surface area contributed by atoms with E-state index in [9.17, 15) is 9.59 Å². The molecule has 1 rings (SSSR count). The van der Waals surface area contributed by atoms with Gasteiger partial charge in [-0.3, -0.25) is 9.48 Å². The van der Waals surface area contributed by atoms with Crippen LogP contribution in [0.15, 0.2) is 12.4 Å². The summed E-state index contributed by atoms with van der Waals surface area (Å²) < 4.78 is 1.67. The van der Waals surface area contributed by atoms with E-state index < -0.39 is 12.0 Å². The second-order valence-electron chi connectivity index (χ2n) is 5.11. The Labute approximate surface area is 112 Å². The number of aliphatic carboxylic acids is 1. The minimum Gasteiger partial charge on any atom is -0.480 e. The van der Waals surface area contributed by atoms with Crippen molar-refractivity contribution in [2.75, 3.05) is 0 Å². The molecule has 0 aliphatic rings. The maximum atomic E-state index is 11.7. The van der Waals surface area contributed by atoms with E-state index in [1.807, 2.05) is 27.1 Å². The normalized spacial score (nSPS) is 12.4. The molecular formula is C13H21N3O3. The van der Waals surface area contributed by atoms with Crippen LogP contribution in [-0.2, 0) is 23.1 Å². The minimum atomic E-state index is -0.983. The Balaban J connectivity index is 2.42. The van der Waals surface area contributed by atoms with E-state index in [2.05, 4.69) is 10.4 Å². The first kappa shape index (κ1) is 15.2. The summed E-state index contributed by atoms with van der Waals surface area (Å²) in [5.41, 5.74) is 0.966. The number of nitrogens with zero attached hydrogens (tertiary/aromatic N) is 2. The van der Waals surface area contributed by atoms with Gasteiger partial charge in [0.15, 0.2) is 0 Å². The first-order valence-corrected chi connectivity index (χ1v) is 6.38. The highest BCUT2D eigenvalue weighted by molar-refractivity contribution is 5.83. The molecule has 1 heterocycles. The number of hydrogen-bond donors (Lipinski definition) is 2. The standard InChI is InChI=1S/C13H21N3O3/c1-9(2)6-11(13(18)19)15-12(17)5-4-10-7-14-16(3)8-10/h7-9,11H,4-6H2,1-3H3,(H,15,17)(H,18,19). The molecule has 0 bridgehead atoms. The summed E-state index contributed by atoms with van der Waals surface area (Å²) in [7, 11) is 1.81. The van der Waals surface area contributed by atoms with Gasteiger partial charge in [-0.25, -0.2) is 4.79 Å². The van der Waals surface area contributed by atoms with Crippen molar-refractivity contribution in [3.63, 3.8) is 0 Å². The van der Waals surface area contributed by atoms with Crippen LogP contribution in [-0.4, -0.2) is 32.8 Å². The summed E-state index contributed by atoms with van der Waals surface area (Å²) in [6, 6.07) is -0.804. The number of carbonyl (C=O) groups excluding carboxylic acids is 1. The monoisotopic (exact) mass is 267 g/mol. The first-order chi connectivity index (χ1) is 8.88. The average molecular weight is 267 g/mol. The highest BCUT2D eigenvalue weighted by atomic mass is 16.4. The number of carboxylic acids is 1. The van der Waals surface area contributed by atoms with Crippen molar-refractivity contribution in [1.29, 1.82) is 0 Å². The lowest BCUT2D eigenvalue weighted by Gasteiger charge is -2.16. The highest BCUT2D eigenvalue weighted by Crippen LogP contribution is 2.06. The van der Waals surface area contributed by atoms with Gasteiger partial charge in [0.1, 0.15) is 6.04 Å². The molecule has 1 unspecified atom stereocenters. The molecule has 0 fully saturated rings. The molecule has 6 heteroatoms. The second kappa shape index (κ2) is 6.92. The van der Waals surface area contributed by atoms with E-state index in [-0.39, 0.29) is 18.2 Å². The molecule has 1 aromatic heterocycles. The molecular weight excluding hydrogens is 246 g/mol. The minimum absolute atomic E-state index is 0.222. The van der Waals surface area contributed by atoms with Crippen LogP contribution in [0.3, 0.4) is 0 Å². The third kappa shape index (κ3) is 5.54. The Kier molecular flexibility index (Phi) is 5.54. The smallest absolute Gasteiger partial charge is 0.326 e. The van der Waals surface area contributed by atoms with Gasteiger partial charge in [-0.15, -0.1) is 0 Å². The fourth-order valence-electron chi connectivity index (χ4n) is 1.82. The third-order valence-corrected chi connectivity index (χ3v) is 2.74. The molecule has 19 heavy (non-hydrogen) atoms. The lowest BCUT2D eigenvalue weighted by Crippen LogP contribution is -2.41. The van der Waals surface area contributed by atoms with E-state index in [0.717, 1.165) is 5.56 Å². The molecule has 2 N–H and O–H groups in total. The molecule has 0 saturated carbocycles. The number of carbonyl (C=O) groups is 2. The van der Waals surface area contributed by atoms with Gasteiger partial charge in [0.25, 0.3) is 0 Å². The molecule has 0 aliphatic heterocycles. The van der Waals surface area contributed by atoms with Crippen molar-refractivity contribution < 1.29 is 14.7 Å². The Morgan fingerprint density at radius 1 is 1.47 bits per heavy atom. The molecule has 6 nitrogen and oxygen atoms in total. The fraction of sp³-hybridized carbons (Fsp3) is 0.615. The number of rotatable bonds is 7. The maximum absolute atomic E-state index is 11.7. The van der Waals surface area contributed by atoms with E-state index >= 15 is 0 Å². The Hall–Kier alpha value is -1.85. The van der Waals surface area contributed by atoms with Gasteiger partial charge >= 0.3 is 5.97 Å². The molecule has 0 radical (unpaired) electrons. The molecule has 1 atom stereocenters. The largest absolute Gasteiger partial charge is 0.480 e. The lowest BCUT2D eigenvalue weighted by molar-refractivity contribution is -0.142. The third-order valence-electron chi connectivity index (χ3n) is 2.74. The van der Waals surface area contributed by atoms with Crippen molar-refractivity contribution in [1.82, 2.24) is 15.1 Å². The Bertz CT molecular complexity index is 440. The van der Waals surface area contributed by atoms with E-state index in [1.165, 1.54) is 0 Å². The predicted molar refractivity (Wildman–Crippen MR) is 70.6 cm³/mol. The molecule has 0 saturated heterocycles. The van der Waals surface area contributed by atoms with Crippen molar-refractivity contribution in [2.45, 2.75) is 39.2 Å². The summed E-state index contributed by atoms with van der Waals surface area (Å²) in [5, 5.41) is 15.6. The topological polar surface area (TPSA) is 84.2 Å². The number of aromatic nitrogens is 2. The van der Waals surface area contributed by atoms with Crippen LogP contribution >= 0.6 is 0 Å². The summed E-state index contributed by atoms with van der Waals surface area (Å²) in [5.74, 6) is -1.000. The molecule has 1 aromatic rings. The van der Waals surface area contributed by atoms with Crippen LogP contribution in [0.1, 0.15) is 32.3 Å². The zero-order valence-corrected chi connectivity index (χ0v) is 11.6. The first-order valence-electron chi connectivity index (χ1n) is 6.38. The summed E-state index contributed by atoms with van der Waals surface area (Å²) in [6.07, 6.45) is 4.82. The van der Waals surface area contributed by atoms with E-state index in [1.54, 1.807) is 10.9 Å². The number of hydrogen-bond acceptors (Lipinski definition) is 3. The molecule has 0 aromatic carbocycles. The quantitative estimate of drug-likeness (QED) is 0.771. The van der Waals surface area contributed by atoms with Crippen LogP contribution in [0, 0.1) is 5.92 Å². The molecule has 0 spiro atoms.